The third-order valence-electron chi connectivity index (χ3n) is 4.29. The summed E-state index contributed by atoms with van der Waals surface area (Å²) in [5.41, 5.74) is 2.19. The van der Waals surface area contributed by atoms with E-state index in [-0.39, 0.29) is 16.3 Å². The Morgan fingerprint density at radius 3 is 2.36 bits per heavy atom. The van der Waals surface area contributed by atoms with Crippen molar-refractivity contribution in [3.05, 3.63) is 44.4 Å². The fraction of sp³-hybridized carbons (Fsp3) is 0.278. The first-order valence-electron chi connectivity index (χ1n) is 7.80. The number of carbonyl (C=O) groups is 3. The minimum absolute atomic E-state index is 0.186. The molecule has 0 spiro atoms. The maximum absolute atomic E-state index is 12.6. The van der Waals surface area contributed by atoms with E-state index in [1.165, 1.54) is 18.1 Å². The molecular weight excluding hydrogens is 410 g/mol. The molecule has 0 saturated carbocycles. The molecular formula is C18H15BrClNO4. The van der Waals surface area contributed by atoms with Gasteiger partial charge in [-0.3, -0.25) is 9.59 Å². The highest BCUT2D eigenvalue weighted by molar-refractivity contribution is 9.12. The number of methoxy groups -OCH3 is 1. The molecule has 0 bridgehead atoms. The maximum Gasteiger partial charge on any atom is 0.344 e. The van der Waals surface area contributed by atoms with E-state index >= 15 is 0 Å². The number of rotatable bonds is 3. The molecule has 2 amide bonds. The number of ether oxygens (including phenoxy) is 1. The lowest BCUT2D eigenvalue weighted by Crippen LogP contribution is -2.31. The van der Waals surface area contributed by atoms with Crippen molar-refractivity contribution in [1.82, 2.24) is 0 Å². The van der Waals surface area contributed by atoms with Crippen molar-refractivity contribution in [3.8, 4) is 0 Å². The Labute approximate surface area is 158 Å². The zero-order valence-corrected chi connectivity index (χ0v) is 15.8. The van der Waals surface area contributed by atoms with Crippen LogP contribution in [0.3, 0.4) is 0 Å². The molecule has 1 heterocycles. The Morgan fingerprint density at radius 2 is 1.80 bits per heavy atom. The molecule has 25 heavy (non-hydrogen) atoms. The minimum atomic E-state index is -0.549. The normalized spacial score (nSPS) is 17.9. The molecule has 7 heteroatoms. The highest BCUT2D eigenvalue weighted by atomic mass is 79.9. The van der Waals surface area contributed by atoms with Gasteiger partial charge >= 0.3 is 5.97 Å². The van der Waals surface area contributed by atoms with Crippen LogP contribution >= 0.6 is 27.5 Å². The molecule has 1 aromatic carbocycles. The number of nitrogens with zero attached hydrogens (tertiary/aromatic N) is 1. The van der Waals surface area contributed by atoms with Crippen molar-refractivity contribution < 1.29 is 19.1 Å². The van der Waals surface area contributed by atoms with Crippen molar-refractivity contribution in [2.45, 2.75) is 25.7 Å². The summed E-state index contributed by atoms with van der Waals surface area (Å²) in [5, 5.41) is 0.390. The largest absolute Gasteiger partial charge is 0.465 e. The van der Waals surface area contributed by atoms with Gasteiger partial charge in [0.25, 0.3) is 11.8 Å². The van der Waals surface area contributed by atoms with Crippen LogP contribution in [0.15, 0.2) is 33.8 Å². The summed E-state index contributed by atoms with van der Waals surface area (Å²) in [7, 11) is 1.27. The third-order valence-corrected chi connectivity index (χ3v) is 5.19. The van der Waals surface area contributed by atoms with Crippen LogP contribution in [0.4, 0.5) is 5.69 Å². The fourth-order valence-electron chi connectivity index (χ4n) is 3.05. The van der Waals surface area contributed by atoms with Crippen molar-refractivity contribution in [2.75, 3.05) is 12.0 Å². The lowest BCUT2D eigenvalue weighted by atomic mass is 9.93. The van der Waals surface area contributed by atoms with E-state index in [4.69, 9.17) is 11.6 Å². The summed E-state index contributed by atoms with van der Waals surface area (Å²) in [4.78, 5) is 38.0. The monoisotopic (exact) mass is 423 g/mol. The fourth-order valence-corrected chi connectivity index (χ4v) is 3.63. The maximum atomic E-state index is 12.6. The highest BCUT2D eigenvalue weighted by Gasteiger charge is 2.39. The van der Waals surface area contributed by atoms with Crippen LogP contribution in [-0.2, 0) is 19.1 Å². The van der Waals surface area contributed by atoms with Gasteiger partial charge in [0.15, 0.2) is 0 Å². The van der Waals surface area contributed by atoms with Crippen molar-refractivity contribution in [2.24, 2.45) is 0 Å². The van der Waals surface area contributed by atoms with E-state index in [1.807, 2.05) is 0 Å². The second-order valence-corrected chi connectivity index (χ2v) is 7.06. The highest BCUT2D eigenvalue weighted by Crippen LogP contribution is 2.37. The number of hydrogen-bond donors (Lipinski definition) is 0. The smallest absolute Gasteiger partial charge is 0.344 e. The lowest BCUT2D eigenvalue weighted by molar-refractivity contribution is -0.135. The molecule has 0 saturated heterocycles. The van der Waals surface area contributed by atoms with E-state index in [0.717, 1.165) is 12.8 Å². The van der Waals surface area contributed by atoms with Crippen molar-refractivity contribution in [1.29, 1.82) is 0 Å². The second-order valence-electron chi connectivity index (χ2n) is 5.80. The summed E-state index contributed by atoms with van der Waals surface area (Å²) in [6.45, 7) is 0. The molecule has 1 aromatic rings. The van der Waals surface area contributed by atoms with Crippen molar-refractivity contribution in [3.63, 3.8) is 0 Å². The summed E-state index contributed by atoms with van der Waals surface area (Å²) >= 11 is 9.30. The number of amides is 2. The van der Waals surface area contributed by atoms with Crippen molar-refractivity contribution >= 4 is 57.1 Å². The number of hydrogen-bond acceptors (Lipinski definition) is 4. The standard InChI is InChI=1S/C18H15BrClNO4/c1-25-18(24)14(19)9-10-8-11(6-7-15(10)20)21-16(22)12-4-2-3-5-13(12)17(21)23/h6-9H,2-5H2,1H3. The molecule has 0 aromatic heterocycles. The van der Waals surface area contributed by atoms with E-state index < -0.39 is 5.97 Å². The van der Waals surface area contributed by atoms with Crippen LogP contribution in [-0.4, -0.2) is 24.9 Å². The van der Waals surface area contributed by atoms with Crippen LogP contribution in [0.5, 0.6) is 0 Å². The predicted molar refractivity (Wildman–Crippen MR) is 98.4 cm³/mol. The average Bonchev–Trinajstić information content (AvgIpc) is 2.87. The van der Waals surface area contributed by atoms with Crippen LogP contribution < -0.4 is 4.90 Å². The van der Waals surface area contributed by atoms with E-state index in [9.17, 15) is 14.4 Å². The van der Waals surface area contributed by atoms with Gasteiger partial charge in [-0.25, -0.2) is 9.69 Å². The van der Waals surface area contributed by atoms with Gasteiger partial charge in [-0.1, -0.05) is 11.6 Å². The molecule has 1 aliphatic carbocycles. The van der Waals surface area contributed by atoms with Crippen LogP contribution in [0.1, 0.15) is 31.2 Å². The van der Waals surface area contributed by atoms with Gasteiger partial charge in [-0.2, -0.15) is 0 Å². The molecule has 0 atom stereocenters. The molecule has 0 radical (unpaired) electrons. The number of halogens is 2. The van der Waals surface area contributed by atoms with Crippen LogP contribution in [0, 0.1) is 0 Å². The van der Waals surface area contributed by atoms with E-state index in [1.54, 1.807) is 18.2 Å². The number of esters is 1. The SMILES string of the molecule is COC(=O)C(Br)=Cc1cc(N2C(=O)C3=C(CCCC3)C2=O)ccc1Cl. The summed E-state index contributed by atoms with van der Waals surface area (Å²) in [6.07, 6.45) is 4.63. The Morgan fingerprint density at radius 1 is 1.20 bits per heavy atom. The molecule has 5 nitrogen and oxygen atoms in total. The zero-order chi connectivity index (χ0) is 18.1. The molecule has 2 aliphatic rings. The average molecular weight is 425 g/mol. The Balaban J connectivity index is 1.97. The lowest BCUT2D eigenvalue weighted by Gasteiger charge is -2.16. The van der Waals surface area contributed by atoms with Gasteiger partial charge in [0, 0.05) is 16.2 Å². The molecule has 0 fully saturated rings. The first-order chi connectivity index (χ1) is 11.9. The molecule has 130 valence electrons. The third kappa shape index (κ3) is 3.28. The van der Waals surface area contributed by atoms with Gasteiger partial charge in [0.05, 0.1) is 12.8 Å². The van der Waals surface area contributed by atoms with Crippen LogP contribution in [0.25, 0.3) is 6.08 Å². The van der Waals surface area contributed by atoms with E-state index in [2.05, 4.69) is 20.7 Å². The van der Waals surface area contributed by atoms with Gasteiger partial charge in [0.2, 0.25) is 0 Å². The summed E-state index contributed by atoms with van der Waals surface area (Å²) in [5.74, 6) is -1.07. The van der Waals surface area contributed by atoms with Crippen LogP contribution in [0.2, 0.25) is 5.02 Å². The molecule has 3 rings (SSSR count). The number of anilines is 1. The predicted octanol–water partition coefficient (Wildman–Crippen LogP) is 3.99. The Kier molecular flexibility index (Phi) is 5.11. The number of benzene rings is 1. The Bertz CT molecular complexity index is 815. The van der Waals surface area contributed by atoms with Gasteiger partial charge in [-0.15, -0.1) is 0 Å². The minimum Gasteiger partial charge on any atom is -0.465 e. The summed E-state index contributed by atoms with van der Waals surface area (Å²) in [6, 6.07) is 4.83. The first kappa shape index (κ1) is 17.9. The van der Waals surface area contributed by atoms with Gasteiger partial charge < -0.3 is 4.74 Å². The second kappa shape index (κ2) is 7.14. The molecule has 0 unspecified atom stereocenters. The Hall–Kier alpha value is -1.92. The van der Waals surface area contributed by atoms with E-state index in [0.29, 0.717) is 40.3 Å². The number of carbonyl (C=O) groups excluding carboxylic acids is 3. The molecule has 0 N–H and O–H groups in total. The van der Waals surface area contributed by atoms with Gasteiger partial charge in [0.1, 0.15) is 4.48 Å². The molecule has 1 aliphatic heterocycles. The quantitative estimate of drug-likeness (QED) is 0.418. The zero-order valence-electron chi connectivity index (χ0n) is 13.5. The topological polar surface area (TPSA) is 63.7 Å². The first-order valence-corrected chi connectivity index (χ1v) is 8.97. The van der Waals surface area contributed by atoms with Gasteiger partial charge in [-0.05, 0) is 71.5 Å². The summed E-state index contributed by atoms with van der Waals surface area (Å²) < 4.78 is 4.82. The number of imide groups is 1.